The molecule has 18 heavy (non-hydrogen) atoms. The molecule has 1 aromatic rings. The molecule has 7 heteroatoms. The van der Waals surface area contributed by atoms with E-state index in [0.29, 0.717) is 5.75 Å². The van der Waals surface area contributed by atoms with Crippen LogP contribution in [0.4, 0.5) is 14.5 Å². The van der Waals surface area contributed by atoms with E-state index in [1.807, 2.05) is 0 Å². The number of ether oxygens (including phenoxy) is 2. The minimum absolute atomic E-state index is 0.0886. The van der Waals surface area contributed by atoms with E-state index in [1.54, 1.807) is 0 Å². The largest absolute Gasteiger partial charge is 0.497 e. The van der Waals surface area contributed by atoms with Gasteiger partial charge in [0.05, 0.1) is 12.8 Å². The van der Waals surface area contributed by atoms with E-state index in [0.717, 1.165) is 0 Å². The number of rotatable bonds is 6. The highest BCUT2D eigenvalue weighted by Gasteiger charge is 2.12. The standard InChI is InChI=1S/C11H14F2N2O3/c1-17-7-2-3-9(18-11(12)13)8(6-7)15-10(16)4-5-14/h2-3,6,11H,4-5,14H2,1H3,(H,15,16). The number of hydrogen-bond acceptors (Lipinski definition) is 4. The molecule has 0 aromatic heterocycles. The van der Waals surface area contributed by atoms with Gasteiger partial charge >= 0.3 is 6.61 Å². The van der Waals surface area contributed by atoms with Gasteiger partial charge in [-0.2, -0.15) is 8.78 Å². The Balaban J connectivity index is 2.92. The van der Waals surface area contributed by atoms with Crippen molar-refractivity contribution in [2.75, 3.05) is 19.0 Å². The fourth-order valence-corrected chi connectivity index (χ4v) is 1.28. The lowest BCUT2D eigenvalue weighted by molar-refractivity contribution is -0.116. The van der Waals surface area contributed by atoms with Crippen molar-refractivity contribution in [3.05, 3.63) is 18.2 Å². The number of methoxy groups -OCH3 is 1. The summed E-state index contributed by atoms with van der Waals surface area (Å²) >= 11 is 0. The lowest BCUT2D eigenvalue weighted by Gasteiger charge is -2.13. The summed E-state index contributed by atoms with van der Waals surface area (Å²) in [6.07, 6.45) is 0.0886. The summed E-state index contributed by atoms with van der Waals surface area (Å²) in [4.78, 5) is 11.4. The van der Waals surface area contributed by atoms with Crippen molar-refractivity contribution in [3.8, 4) is 11.5 Å². The highest BCUT2D eigenvalue weighted by Crippen LogP contribution is 2.30. The molecule has 0 saturated heterocycles. The van der Waals surface area contributed by atoms with Gasteiger partial charge in [0.25, 0.3) is 0 Å². The van der Waals surface area contributed by atoms with E-state index in [2.05, 4.69) is 10.1 Å². The first-order valence-corrected chi connectivity index (χ1v) is 5.19. The van der Waals surface area contributed by atoms with Gasteiger partial charge in [-0.1, -0.05) is 0 Å². The average Bonchev–Trinajstić information content (AvgIpc) is 2.31. The Labute approximate surface area is 103 Å². The number of carbonyl (C=O) groups is 1. The van der Waals surface area contributed by atoms with Gasteiger partial charge in [0.15, 0.2) is 0 Å². The number of anilines is 1. The van der Waals surface area contributed by atoms with Gasteiger partial charge in [-0.15, -0.1) is 0 Å². The molecule has 0 aliphatic rings. The SMILES string of the molecule is COc1ccc(OC(F)F)c(NC(=O)CCN)c1. The van der Waals surface area contributed by atoms with Crippen LogP contribution in [0.3, 0.4) is 0 Å². The van der Waals surface area contributed by atoms with Crippen molar-refractivity contribution in [3.63, 3.8) is 0 Å². The molecule has 0 atom stereocenters. The number of alkyl halides is 2. The Morgan fingerprint density at radius 2 is 2.22 bits per heavy atom. The number of hydrogen-bond donors (Lipinski definition) is 2. The predicted molar refractivity (Wildman–Crippen MR) is 61.9 cm³/mol. The van der Waals surface area contributed by atoms with Crippen molar-refractivity contribution in [2.24, 2.45) is 5.73 Å². The Hall–Kier alpha value is -1.89. The van der Waals surface area contributed by atoms with E-state index in [4.69, 9.17) is 10.5 Å². The lowest BCUT2D eigenvalue weighted by atomic mass is 10.2. The van der Waals surface area contributed by atoms with Crippen LogP contribution in [0, 0.1) is 0 Å². The molecule has 0 radical (unpaired) electrons. The fraction of sp³-hybridized carbons (Fsp3) is 0.364. The number of benzene rings is 1. The van der Waals surface area contributed by atoms with Crippen LogP contribution in [-0.4, -0.2) is 26.2 Å². The maximum Gasteiger partial charge on any atom is 0.387 e. The van der Waals surface area contributed by atoms with Gasteiger partial charge in [-0.05, 0) is 12.1 Å². The molecule has 5 nitrogen and oxygen atoms in total. The first-order valence-electron chi connectivity index (χ1n) is 5.19. The third-order valence-corrected chi connectivity index (χ3v) is 2.05. The second-order valence-electron chi connectivity index (χ2n) is 3.33. The normalized spacial score (nSPS) is 10.3. The summed E-state index contributed by atoms with van der Waals surface area (Å²) in [7, 11) is 1.43. The van der Waals surface area contributed by atoms with Gasteiger partial charge in [-0.25, -0.2) is 0 Å². The van der Waals surface area contributed by atoms with Gasteiger partial charge in [0, 0.05) is 19.0 Å². The second-order valence-corrected chi connectivity index (χ2v) is 3.33. The van der Waals surface area contributed by atoms with Crippen LogP contribution in [0.15, 0.2) is 18.2 Å². The summed E-state index contributed by atoms with van der Waals surface area (Å²) in [6.45, 7) is -2.80. The first-order chi connectivity index (χ1) is 8.56. The molecular weight excluding hydrogens is 246 g/mol. The zero-order valence-corrected chi connectivity index (χ0v) is 9.78. The van der Waals surface area contributed by atoms with E-state index in [1.165, 1.54) is 25.3 Å². The maximum atomic E-state index is 12.2. The second kappa shape index (κ2) is 6.75. The van der Waals surface area contributed by atoms with Gasteiger partial charge in [0.2, 0.25) is 5.91 Å². The van der Waals surface area contributed by atoms with Crippen LogP contribution in [-0.2, 0) is 4.79 Å². The van der Waals surface area contributed by atoms with Crippen molar-refractivity contribution in [2.45, 2.75) is 13.0 Å². The van der Waals surface area contributed by atoms with Gasteiger partial charge in [-0.3, -0.25) is 4.79 Å². The molecular formula is C11H14F2N2O3. The van der Waals surface area contributed by atoms with Crippen LogP contribution in [0.5, 0.6) is 11.5 Å². The number of halogens is 2. The predicted octanol–water partition coefficient (Wildman–Crippen LogP) is 1.58. The summed E-state index contributed by atoms with van der Waals surface area (Å²) in [5.41, 5.74) is 5.34. The van der Waals surface area contributed by atoms with E-state index in [9.17, 15) is 13.6 Å². The van der Waals surface area contributed by atoms with Crippen molar-refractivity contribution in [1.82, 2.24) is 0 Å². The summed E-state index contributed by atoms with van der Waals surface area (Å²) in [5.74, 6) is -0.0966. The molecule has 0 heterocycles. The zero-order valence-electron chi connectivity index (χ0n) is 9.78. The molecule has 0 unspecified atom stereocenters. The zero-order chi connectivity index (χ0) is 13.5. The number of carbonyl (C=O) groups excluding carboxylic acids is 1. The molecule has 100 valence electrons. The molecule has 0 aliphatic heterocycles. The highest BCUT2D eigenvalue weighted by atomic mass is 19.3. The third kappa shape index (κ3) is 4.17. The summed E-state index contributed by atoms with van der Waals surface area (Å²) in [6, 6.07) is 4.14. The van der Waals surface area contributed by atoms with Crippen molar-refractivity contribution >= 4 is 11.6 Å². The number of nitrogens with one attached hydrogen (secondary N) is 1. The van der Waals surface area contributed by atoms with Gasteiger partial charge < -0.3 is 20.5 Å². The van der Waals surface area contributed by atoms with E-state index < -0.39 is 6.61 Å². The topological polar surface area (TPSA) is 73.6 Å². The van der Waals surface area contributed by atoms with Crippen molar-refractivity contribution < 1.29 is 23.0 Å². The fourth-order valence-electron chi connectivity index (χ4n) is 1.28. The molecule has 3 N–H and O–H groups in total. The molecule has 0 spiro atoms. The average molecular weight is 260 g/mol. The molecule has 1 amide bonds. The maximum absolute atomic E-state index is 12.2. The molecule has 0 saturated carbocycles. The third-order valence-electron chi connectivity index (χ3n) is 2.05. The smallest absolute Gasteiger partial charge is 0.387 e. The molecule has 0 aliphatic carbocycles. The lowest BCUT2D eigenvalue weighted by Crippen LogP contribution is -2.17. The molecule has 1 rings (SSSR count). The number of nitrogens with two attached hydrogens (primary N) is 1. The van der Waals surface area contributed by atoms with Crippen LogP contribution in [0.25, 0.3) is 0 Å². The van der Waals surface area contributed by atoms with Crippen LogP contribution < -0.4 is 20.5 Å². The van der Waals surface area contributed by atoms with Crippen LogP contribution in [0.2, 0.25) is 0 Å². The monoisotopic (exact) mass is 260 g/mol. The summed E-state index contributed by atoms with van der Waals surface area (Å²) in [5, 5.41) is 2.43. The Morgan fingerprint density at radius 1 is 1.50 bits per heavy atom. The van der Waals surface area contributed by atoms with E-state index in [-0.39, 0.29) is 30.3 Å². The Morgan fingerprint density at radius 3 is 2.78 bits per heavy atom. The molecule has 0 bridgehead atoms. The first kappa shape index (κ1) is 14.2. The molecule has 0 fully saturated rings. The van der Waals surface area contributed by atoms with Gasteiger partial charge in [0.1, 0.15) is 11.5 Å². The molecule has 1 aromatic carbocycles. The highest BCUT2D eigenvalue weighted by molar-refractivity contribution is 5.92. The summed E-state index contributed by atoms with van der Waals surface area (Å²) < 4.78 is 33.6. The number of amides is 1. The quantitative estimate of drug-likeness (QED) is 0.814. The van der Waals surface area contributed by atoms with Crippen molar-refractivity contribution in [1.29, 1.82) is 0 Å². The van der Waals surface area contributed by atoms with Crippen LogP contribution in [0.1, 0.15) is 6.42 Å². The van der Waals surface area contributed by atoms with Crippen LogP contribution >= 0.6 is 0 Å². The van der Waals surface area contributed by atoms with E-state index >= 15 is 0 Å². The minimum atomic E-state index is -2.97. The Kier molecular flexibility index (Phi) is 5.31. The Bertz CT molecular complexity index is 413. The minimum Gasteiger partial charge on any atom is -0.497 e.